The van der Waals surface area contributed by atoms with Crippen LogP contribution in [0.2, 0.25) is 0 Å². The van der Waals surface area contributed by atoms with Crippen LogP contribution in [0.4, 0.5) is 0 Å². The maximum Gasteiger partial charge on any atom is 0.161 e. The van der Waals surface area contributed by atoms with E-state index in [1.807, 2.05) is 11.8 Å². The van der Waals surface area contributed by atoms with Crippen molar-refractivity contribution in [2.45, 2.75) is 50.5 Å². The second-order valence-electron chi connectivity index (χ2n) is 5.86. The minimum atomic E-state index is 0.0401. The lowest BCUT2D eigenvalue weighted by Crippen LogP contribution is -2.42. The quantitative estimate of drug-likeness (QED) is 0.766. The number of ketones is 1. The van der Waals surface area contributed by atoms with Crippen LogP contribution in [0.25, 0.3) is 0 Å². The molecule has 2 fully saturated rings. The average Bonchev–Trinajstić information content (AvgIpc) is 2.87. The minimum absolute atomic E-state index is 0.0401. The minimum Gasteiger partial charge on any atom is -0.374 e. The SMILES string of the molecule is O=C(C1=CCCCC1)C1CCOC2(CCSC2)C1. The van der Waals surface area contributed by atoms with Crippen molar-refractivity contribution >= 4 is 17.5 Å². The largest absolute Gasteiger partial charge is 0.374 e. The molecule has 2 nitrogen and oxygen atoms in total. The van der Waals surface area contributed by atoms with Gasteiger partial charge < -0.3 is 4.74 Å². The van der Waals surface area contributed by atoms with Gasteiger partial charge in [0.05, 0.1) is 5.60 Å². The van der Waals surface area contributed by atoms with Crippen molar-refractivity contribution in [1.82, 2.24) is 0 Å². The fourth-order valence-electron chi connectivity index (χ4n) is 3.44. The summed E-state index contributed by atoms with van der Waals surface area (Å²) in [5.41, 5.74) is 1.16. The second-order valence-corrected chi connectivity index (χ2v) is 6.97. The second kappa shape index (κ2) is 5.38. The number of thioether (sulfide) groups is 1. The van der Waals surface area contributed by atoms with Gasteiger partial charge in [0.25, 0.3) is 0 Å². The number of allylic oxidation sites excluding steroid dienone is 2. The van der Waals surface area contributed by atoms with Crippen LogP contribution in [0.5, 0.6) is 0 Å². The van der Waals surface area contributed by atoms with Gasteiger partial charge in [-0.15, -0.1) is 0 Å². The number of hydrogen-bond donors (Lipinski definition) is 0. The highest BCUT2D eigenvalue weighted by atomic mass is 32.2. The zero-order valence-electron chi connectivity index (χ0n) is 11.0. The van der Waals surface area contributed by atoms with Crippen molar-refractivity contribution in [1.29, 1.82) is 0 Å². The number of hydrogen-bond acceptors (Lipinski definition) is 3. The Hall–Kier alpha value is -0.280. The van der Waals surface area contributed by atoms with E-state index in [1.54, 1.807) is 0 Å². The van der Waals surface area contributed by atoms with Crippen molar-refractivity contribution in [2.75, 3.05) is 18.1 Å². The van der Waals surface area contributed by atoms with Crippen molar-refractivity contribution in [3.05, 3.63) is 11.6 Å². The number of rotatable bonds is 2. The molecule has 2 saturated heterocycles. The first-order valence-corrected chi connectivity index (χ1v) is 8.40. The Morgan fingerprint density at radius 2 is 2.39 bits per heavy atom. The molecule has 100 valence electrons. The summed E-state index contributed by atoms with van der Waals surface area (Å²) in [6, 6.07) is 0. The Balaban J connectivity index is 1.68. The molecule has 2 unspecified atom stereocenters. The van der Waals surface area contributed by atoms with Gasteiger partial charge in [-0.05, 0) is 56.3 Å². The number of carbonyl (C=O) groups is 1. The molecule has 2 atom stereocenters. The number of carbonyl (C=O) groups excluding carboxylic acids is 1. The van der Waals surface area contributed by atoms with Crippen molar-refractivity contribution in [3.8, 4) is 0 Å². The zero-order chi connectivity index (χ0) is 12.4. The molecular formula is C15H22O2S. The van der Waals surface area contributed by atoms with Crippen molar-refractivity contribution < 1.29 is 9.53 Å². The predicted octanol–water partition coefficient (Wildman–Crippen LogP) is 3.36. The lowest BCUT2D eigenvalue weighted by atomic mass is 9.79. The van der Waals surface area contributed by atoms with Gasteiger partial charge in [-0.2, -0.15) is 11.8 Å². The molecule has 0 bridgehead atoms. The summed E-state index contributed by atoms with van der Waals surface area (Å²) in [5, 5.41) is 0. The molecule has 3 aliphatic rings. The van der Waals surface area contributed by atoms with Crippen LogP contribution in [0.15, 0.2) is 11.6 Å². The molecular weight excluding hydrogens is 244 g/mol. The molecule has 0 N–H and O–H groups in total. The Morgan fingerprint density at radius 1 is 1.44 bits per heavy atom. The van der Waals surface area contributed by atoms with Crippen molar-refractivity contribution in [2.24, 2.45) is 5.92 Å². The first-order chi connectivity index (χ1) is 8.79. The summed E-state index contributed by atoms with van der Waals surface area (Å²) >= 11 is 1.98. The fourth-order valence-corrected chi connectivity index (χ4v) is 4.82. The summed E-state index contributed by atoms with van der Waals surface area (Å²) in [5.74, 6) is 2.97. The van der Waals surface area contributed by atoms with E-state index >= 15 is 0 Å². The first-order valence-electron chi connectivity index (χ1n) is 7.24. The molecule has 1 spiro atoms. The number of Topliss-reactive ketones (excluding diaryl/α,β-unsaturated/α-hetero) is 1. The maximum atomic E-state index is 12.6. The van der Waals surface area contributed by atoms with Gasteiger partial charge in [-0.1, -0.05) is 6.08 Å². The molecule has 0 aromatic rings. The molecule has 3 rings (SSSR count). The Labute approximate surface area is 114 Å². The molecule has 0 aromatic carbocycles. The van der Waals surface area contributed by atoms with Gasteiger partial charge in [-0.25, -0.2) is 0 Å². The molecule has 0 radical (unpaired) electrons. The summed E-state index contributed by atoms with van der Waals surface area (Å²) in [4.78, 5) is 12.6. The van der Waals surface area contributed by atoms with Gasteiger partial charge >= 0.3 is 0 Å². The smallest absolute Gasteiger partial charge is 0.161 e. The van der Waals surface area contributed by atoms with E-state index in [2.05, 4.69) is 6.08 Å². The predicted molar refractivity (Wildman–Crippen MR) is 74.9 cm³/mol. The molecule has 18 heavy (non-hydrogen) atoms. The van der Waals surface area contributed by atoms with Gasteiger partial charge in [0.1, 0.15) is 0 Å². The average molecular weight is 266 g/mol. The van der Waals surface area contributed by atoms with Crippen LogP contribution in [-0.4, -0.2) is 29.5 Å². The highest BCUT2D eigenvalue weighted by Crippen LogP contribution is 2.41. The van der Waals surface area contributed by atoms with Crippen LogP contribution in [-0.2, 0) is 9.53 Å². The lowest BCUT2D eigenvalue weighted by Gasteiger charge is -2.37. The normalized spacial score (nSPS) is 36.7. The van der Waals surface area contributed by atoms with E-state index in [1.165, 1.54) is 18.6 Å². The van der Waals surface area contributed by atoms with Crippen LogP contribution in [0.1, 0.15) is 44.9 Å². The highest BCUT2D eigenvalue weighted by Gasteiger charge is 2.42. The maximum absolute atomic E-state index is 12.6. The van der Waals surface area contributed by atoms with Crippen LogP contribution >= 0.6 is 11.8 Å². The molecule has 3 heteroatoms. The standard InChI is InChI=1S/C15H22O2S/c16-14(12-4-2-1-3-5-12)13-6-8-17-15(10-13)7-9-18-11-15/h4,13H,1-3,5-11H2. The van der Waals surface area contributed by atoms with Gasteiger partial charge in [-0.3, -0.25) is 4.79 Å². The Bertz CT molecular complexity index is 356. The van der Waals surface area contributed by atoms with Gasteiger partial charge in [0, 0.05) is 18.3 Å². The van der Waals surface area contributed by atoms with Crippen molar-refractivity contribution in [3.63, 3.8) is 0 Å². The third-order valence-electron chi connectivity index (χ3n) is 4.54. The number of ether oxygens (including phenoxy) is 1. The van der Waals surface area contributed by atoms with E-state index in [9.17, 15) is 4.79 Å². The Kier molecular flexibility index (Phi) is 3.81. The Morgan fingerprint density at radius 3 is 3.11 bits per heavy atom. The zero-order valence-corrected chi connectivity index (χ0v) is 11.8. The topological polar surface area (TPSA) is 26.3 Å². The monoisotopic (exact) mass is 266 g/mol. The highest BCUT2D eigenvalue weighted by molar-refractivity contribution is 7.99. The molecule has 2 heterocycles. The molecule has 0 saturated carbocycles. The summed E-state index contributed by atoms with van der Waals surface area (Å²) < 4.78 is 6.00. The summed E-state index contributed by atoms with van der Waals surface area (Å²) in [6.07, 6.45) is 9.80. The molecule has 0 aromatic heterocycles. The van der Waals surface area contributed by atoms with E-state index < -0.39 is 0 Å². The molecule has 2 aliphatic heterocycles. The lowest BCUT2D eigenvalue weighted by molar-refractivity contribution is -0.130. The summed E-state index contributed by atoms with van der Waals surface area (Å²) in [7, 11) is 0. The summed E-state index contributed by atoms with van der Waals surface area (Å²) in [6.45, 7) is 0.782. The van der Waals surface area contributed by atoms with E-state index in [0.29, 0.717) is 5.78 Å². The first kappa shape index (κ1) is 12.7. The fraction of sp³-hybridized carbons (Fsp3) is 0.800. The van der Waals surface area contributed by atoms with Gasteiger partial charge in [0.15, 0.2) is 5.78 Å². The van der Waals surface area contributed by atoms with Crippen LogP contribution in [0.3, 0.4) is 0 Å². The van der Waals surface area contributed by atoms with E-state index in [0.717, 1.165) is 50.0 Å². The third-order valence-corrected chi connectivity index (χ3v) is 5.76. The van der Waals surface area contributed by atoms with E-state index in [4.69, 9.17) is 4.74 Å². The third kappa shape index (κ3) is 2.53. The molecule has 0 amide bonds. The van der Waals surface area contributed by atoms with E-state index in [-0.39, 0.29) is 11.5 Å². The molecule has 1 aliphatic carbocycles. The van der Waals surface area contributed by atoms with Gasteiger partial charge in [0.2, 0.25) is 0 Å². The van der Waals surface area contributed by atoms with Crippen LogP contribution < -0.4 is 0 Å². The van der Waals surface area contributed by atoms with Crippen LogP contribution in [0, 0.1) is 5.92 Å².